The quantitative estimate of drug-likeness (QED) is 0.339. The van der Waals surface area contributed by atoms with E-state index < -0.39 is 0 Å². The molecule has 0 aromatic heterocycles. The summed E-state index contributed by atoms with van der Waals surface area (Å²) in [6, 6.07) is 8.95. The zero-order valence-corrected chi connectivity index (χ0v) is 25.3. The summed E-state index contributed by atoms with van der Waals surface area (Å²) in [4.78, 5) is 10.2. The van der Waals surface area contributed by atoms with E-state index in [9.17, 15) is 0 Å². The summed E-state index contributed by atoms with van der Waals surface area (Å²) >= 11 is 0. The molecular formula is C36H52N2. The highest BCUT2D eigenvalue weighted by atomic mass is 14.8. The highest BCUT2D eigenvalue weighted by molar-refractivity contribution is 5.84. The van der Waals surface area contributed by atoms with E-state index in [0.717, 1.165) is 13.1 Å². The van der Waals surface area contributed by atoms with Gasteiger partial charge in [-0.05, 0) is 131 Å². The average Bonchev–Trinajstić information content (AvgIpc) is 2.67. The molecule has 2 nitrogen and oxygen atoms in total. The van der Waals surface area contributed by atoms with Gasteiger partial charge < -0.3 is 0 Å². The van der Waals surface area contributed by atoms with E-state index in [4.69, 9.17) is 9.98 Å². The molecule has 38 heavy (non-hydrogen) atoms. The lowest BCUT2D eigenvalue weighted by atomic mass is 9.36. The molecule has 0 spiro atoms. The predicted octanol–water partition coefficient (Wildman–Crippen LogP) is 9.30. The zero-order valence-electron chi connectivity index (χ0n) is 25.3. The fraction of sp³-hybridized carbons (Fsp3) is 0.778. The average molecular weight is 513 g/mol. The summed E-state index contributed by atoms with van der Waals surface area (Å²) in [6.45, 7) is 17.5. The van der Waals surface area contributed by atoms with Crippen LogP contribution in [0.1, 0.15) is 130 Å². The van der Waals surface area contributed by atoms with Crippen LogP contribution in [0.5, 0.6) is 0 Å². The molecule has 8 bridgehead atoms. The van der Waals surface area contributed by atoms with E-state index >= 15 is 0 Å². The standard InChI is InChI=1S/C36H52N2/c1-29-13-30(2)15-31(3,14-29)21-35(19-29,20-30)25-37-11-27-7-9-28(10-8-27)12-38-26-36-22-32(4)16-33(5,23-36)18-34(6,17-32)24-36/h7-12H,13-26H2,1-6H3. The minimum atomic E-state index is 0.429. The molecule has 0 aliphatic heterocycles. The van der Waals surface area contributed by atoms with E-state index in [0.29, 0.717) is 43.3 Å². The smallest absolute Gasteiger partial charge is 0.0446 e. The van der Waals surface area contributed by atoms with Gasteiger partial charge in [0.1, 0.15) is 0 Å². The third kappa shape index (κ3) is 4.35. The Bertz CT molecular complexity index is 986. The Morgan fingerprint density at radius 2 is 0.684 bits per heavy atom. The minimum absolute atomic E-state index is 0.429. The lowest BCUT2D eigenvalue weighted by molar-refractivity contribution is -0.179. The molecule has 206 valence electrons. The molecule has 2 heteroatoms. The maximum atomic E-state index is 5.08. The van der Waals surface area contributed by atoms with Crippen molar-refractivity contribution in [2.45, 2.75) is 119 Å². The zero-order chi connectivity index (χ0) is 26.7. The van der Waals surface area contributed by atoms with Crippen LogP contribution in [0.2, 0.25) is 0 Å². The van der Waals surface area contributed by atoms with Crippen molar-refractivity contribution in [3.63, 3.8) is 0 Å². The molecule has 0 N–H and O–H groups in total. The van der Waals surface area contributed by atoms with Crippen molar-refractivity contribution in [2.24, 2.45) is 53.3 Å². The number of hydrogen-bond donors (Lipinski definition) is 0. The fourth-order valence-corrected chi connectivity index (χ4v) is 14.8. The largest absolute Gasteiger partial charge is 0.292 e. The molecule has 8 saturated carbocycles. The van der Waals surface area contributed by atoms with Gasteiger partial charge in [0.05, 0.1) is 0 Å². The van der Waals surface area contributed by atoms with Crippen molar-refractivity contribution in [2.75, 3.05) is 13.1 Å². The first kappa shape index (κ1) is 25.5. The molecule has 9 rings (SSSR count). The second-order valence-corrected chi connectivity index (χ2v) is 18.6. The molecule has 0 radical (unpaired) electrons. The van der Waals surface area contributed by atoms with Crippen LogP contribution >= 0.6 is 0 Å². The molecule has 0 atom stereocenters. The third-order valence-corrected chi connectivity index (χ3v) is 12.2. The van der Waals surface area contributed by atoms with E-state index in [1.807, 2.05) is 0 Å². The SMILES string of the molecule is CC12CC3(C)CC(C)(C1)CC(CN=Cc1ccc(C=NCC45CC6(C)CC(C)(CC(C)(C6)C4)C5)cc1)(C2)C3. The van der Waals surface area contributed by atoms with Crippen molar-refractivity contribution < 1.29 is 0 Å². The lowest BCUT2D eigenvalue weighted by Crippen LogP contribution is -2.59. The van der Waals surface area contributed by atoms with Crippen LogP contribution in [-0.4, -0.2) is 25.5 Å². The van der Waals surface area contributed by atoms with Crippen molar-refractivity contribution in [1.29, 1.82) is 0 Å². The molecule has 1 aromatic rings. The molecule has 8 fully saturated rings. The van der Waals surface area contributed by atoms with E-state index in [2.05, 4.69) is 78.2 Å². The van der Waals surface area contributed by atoms with Crippen LogP contribution in [0.3, 0.4) is 0 Å². The van der Waals surface area contributed by atoms with Crippen molar-refractivity contribution in [1.82, 2.24) is 0 Å². The van der Waals surface area contributed by atoms with Crippen molar-refractivity contribution >= 4 is 12.4 Å². The Labute approximate surface area is 232 Å². The van der Waals surface area contributed by atoms with Crippen LogP contribution in [0, 0.1) is 43.3 Å². The normalized spacial score (nSPS) is 52.6. The van der Waals surface area contributed by atoms with Gasteiger partial charge in [-0.15, -0.1) is 0 Å². The Morgan fingerprint density at radius 3 is 0.921 bits per heavy atom. The van der Waals surface area contributed by atoms with Crippen LogP contribution in [-0.2, 0) is 0 Å². The summed E-state index contributed by atoms with van der Waals surface area (Å²) < 4.78 is 0. The minimum Gasteiger partial charge on any atom is -0.292 e. The Hall–Kier alpha value is -1.44. The highest BCUT2D eigenvalue weighted by Crippen LogP contribution is 2.74. The number of aliphatic imine (C=N–C) groups is 2. The van der Waals surface area contributed by atoms with E-state index in [-0.39, 0.29) is 0 Å². The van der Waals surface area contributed by atoms with Crippen LogP contribution in [0.25, 0.3) is 0 Å². The summed E-state index contributed by atoms with van der Waals surface area (Å²) in [5.41, 5.74) is 6.55. The van der Waals surface area contributed by atoms with Gasteiger partial charge in [-0.3, -0.25) is 9.98 Å². The van der Waals surface area contributed by atoms with Gasteiger partial charge in [-0.25, -0.2) is 0 Å². The van der Waals surface area contributed by atoms with Gasteiger partial charge >= 0.3 is 0 Å². The van der Waals surface area contributed by atoms with Gasteiger partial charge in [0, 0.05) is 25.5 Å². The predicted molar refractivity (Wildman–Crippen MR) is 160 cm³/mol. The monoisotopic (exact) mass is 512 g/mol. The maximum Gasteiger partial charge on any atom is 0.0446 e. The topological polar surface area (TPSA) is 24.7 Å². The molecule has 0 amide bonds. The molecule has 0 unspecified atom stereocenters. The van der Waals surface area contributed by atoms with Crippen LogP contribution < -0.4 is 0 Å². The number of hydrogen-bond acceptors (Lipinski definition) is 2. The van der Waals surface area contributed by atoms with Crippen LogP contribution in [0.4, 0.5) is 0 Å². The van der Waals surface area contributed by atoms with Gasteiger partial charge in [0.25, 0.3) is 0 Å². The molecule has 8 aliphatic rings. The Morgan fingerprint density at radius 1 is 0.447 bits per heavy atom. The van der Waals surface area contributed by atoms with Crippen molar-refractivity contribution in [3.8, 4) is 0 Å². The fourth-order valence-electron chi connectivity index (χ4n) is 14.8. The molecular weight excluding hydrogens is 460 g/mol. The summed E-state index contributed by atoms with van der Waals surface area (Å²) in [5.74, 6) is 0. The van der Waals surface area contributed by atoms with E-state index in [1.165, 1.54) is 88.2 Å². The second kappa shape index (κ2) is 7.64. The second-order valence-electron chi connectivity index (χ2n) is 18.6. The number of nitrogens with zero attached hydrogens (tertiary/aromatic N) is 2. The molecule has 1 aromatic carbocycles. The highest BCUT2D eigenvalue weighted by Gasteiger charge is 2.65. The summed E-state index contributed by atoms with van der Waals surface area (Å²) in [7, 11) is 0. The first-order valence-electron chi connectivity index (χ1n) is 15.7. The first-order chi connectivity index (χ1) is 17.6. The third-order valence-electron chi connectivity index (χ3n) is 12.2. The molecule has 0 heterocycles. The molecule has 8 aliphatic carbocycles. The summed E-state index contributed by atoms with van der Waals surface area (Å²) in [5, 5.41) is 0. The van der Waals surface area contributed by atoms with Gasteiger partial charge in [0.15, 0.2) is 0 Å². The van der Waals surface area contributed by atoms with Gasteiger partial charge in [-0.2, -0.15) is 0 Å². The summed E-state index contributed by atoms with van der Waals surface area (Å²) in [6.07, 6.45) is 21.2. The maximum absolute atomic E-state index is 5.08. The van der Waals surface area contributed by atoms with Crippen molar-refractivity contribution in [3.05, 3.63) is 35.4 Å². The Kier molecular flexibility index (Phi) is 5.13. The lowest BCUT2D eigenvalue weighted by Gasteiger charge is -2.69. The number of rotatable bonds is 6. The van der Waals surface area contributed by atoms with Crippen LogP contribution in [0.15, 0.2) is 34.3 Å². The van der Waals surface area contributed by atoms with Gasteiger partial charge in [-0.1, -0.05) is 65.8 Å². The first-order valence-corrected chi connectivity index (χ1v) is 15.7. The van der Waals surface area contributed by atoms with Gasteiger partial charge in [0.2, 0.25) is 0 Å². The Balaban J connectivity index is 0.993. The number of benzene rings is 1. The van der Waals surface area contributed by atoms with E-state index in [1.54, 1.807) is 0 Å². The molecule has 0 saturated heterocycles.